The Labute approximate surface area is 260 Å². The zero-order valence-corrected chi connectivity index (χ0v) is 28.3. The Morgan fingerprint density at radius 2 is 1.67 bits per heavy atom. The fraction of sp³-hybridized carbons (Fsp3) is 0.649. The van der Waals surface area contributed by atoms with E-state index >= 15 is 0 Å². The summed E-state index contributed by atoms with van der Waals surface area (Å²) in [6, 6.07) is 6.74. The van der Waals surface area contributed by atoms with E-state index in [1.165, 1.54) is 30.9 Å². The second-order valence-electron chi connectivity index (χ2n) is 14.9. The molecule has 0 unspecified atom stereocenters. The van der Waals surface area contributed by atoms with E-state index in [0.717, 1.165) is 12.0 Å². The standard InChI is InChI=1S/C37H52O5S/c1-24(2)26(4)11-12-27(5)32-15-16-33-31-18-22-37(41-28(6)38)23-29(42-43(39,40)30-13-9-25(3)10-14-30)17-21-36(37,8)34(31)19-20-35(32,33)7/h9-14,18-19,24,26-27,29,32-33H,15-17,20-23H2,1-8H3/b12-11+/t26-,27+,29-,32+,33+,35-,36-,37+/m0/s1. The third-order valence-corrected chi connectivity index (χ3v) is 13.3. The number of allylic oxidation sites excluding steroid dienone is 4. The topological polar surface area (TPSA) is 69.7 Å². The molecule has 0 aliphatic heterocycles. The Morgan fingerprint density at radius 1 is 0.977 bits per heavy atom. The predicted molar refractivity (Wildman–Crippen MR) is 172 cm³/mol. The molecule has 4 aliphatic rings. The van der Waals surface area contributed by atoms with Gasteiger partial charge in [-0.25, -0.2) is 0 Å². The summed E-state index contributed by atoms with van der Waals surface area (Å²) in [5.41, 5.74) is 2.71. The van der Waals surface area contributed by atoms with E-state index in [0.29, 0.717) is 55.3 Å². The van der Waals surface area contributed by atoms with Gasteiger partial charge in [-0.3, -0.25) is 8.98 Å². The number of aryl methyl sites for hydroxylation is 1. The number of rotatable bonds is 8. The Hall–Kier alpha value is -2.18. The Bertz CT molecular complexity index is 1420. The highest BCUT2D eigenvalue weighted by Crippen LogP contribution is 2.66. The van der Waals surface area contributed by atoms with Gasteiger partial charge in [0.1, 0.15) is 5.60 Å². The van der Waals surface area contributed by atoms with E-state index in [2.05, 4.69) is 65.8 Å². The van der Waals surface area contributed by atoms with Crippen LogP contribution in [0.2, 0.25) is 0 Å². The van der Waals surface area contributed by atoms with E-state index in [1.807, 2.05) is 6.92 Å². The summed E-state index contributed by atoms with van der Waals surface area (Å²) in [5.74, 6) is 2.52. The zero-order chi connectivity index (χ0) is 31.4. The van der Waals surface area contributed by atoms with Gasteiger partial charge in [0.05, 0.1) is 11.0 Å². The van der Waals surface area contributed by atoms with Crippen LogP contribution in [0.25, 0.3) is 0 Å². The largest absolute Gasteiger partial charge is 0.458 e. The summed E-state index contributed by atoms with van der Waals surface area (Å²) < 4.78 is 38.5. The van der Waals surface area contributed by atoms with Crippen molar-refractivity contribution in [3.05, 3.63) is 65.3 Å². The summed E-state index contributed by atoms with van der Waals surface area (Å²) in [4.78, 5) is 12.7. The molecule has 0 N–H and O–H groups in total. The van der Waals surface area contributed by atoms with E-state index in [-0.39, 0.29) is 16.3 Å². The van der Waals surface area contributed by atoms with Gasteiger partial charge in [0.15, 0.2) is 0 Å². The highest BCUT2D eigenvalue weighted by atomic mass is 32.2. The molecule has 2 saturated carbocycles. The Balaban J connectivity index is 1.42. The maximum Gasteiger partial charge on any atom is 0.303 e. The molecule has 1 aromatic carbocycles. The van der Waals surface area contributed by atoms with Gasteiger partial charge >= 0.3 is 5.97 Å². The highest BCUT2D eigenvalue weighted by molar-refractivity contribution is 7.86. The van der Waals surface area contributed by atoms with Crippen LogP contribution in [0, 0.1) is 47.3 Å². The minimum absolute atomic E-state index is 0.159. The summed E-state index contributed by atoms with van der Waals surface area (Å²) in [6.07, 6.45) is 14.8. The molecule has 2 fully saturated rings. The summed E-state index contributed by atoms with van der Waals surface area (Å²) in [7, 11) is -3.94. The molecule has 1 aromatic rings. The fourth-order valence-corrected chi connectivity index (χ4v) is 9.99. The van der Waals surface area contributed by atoms with Crippen LogP contribution in [0.5, 0.6) is 0 Å². The van der Waals surface area contributed by atoms with Crippen LogP contribution < -0.4 is 0 Å². The summed E-state index contributed by atoms with van der Waals surface area (Å²) in [6.45, 7) is 17.4. The van der Waals surface area contributed by atoms with Crippen molar-refractivity contribution < 1.29 is 22.1 Å². The maximum atomic E-state index is 13.2. The molecule has 0 aromatic heterocycles. The molecular formula is C37H52O5S. The second kappa shape index (κ2) is 11.6. The fourth-order valence-electron chi connectivity index (χ4n) is 8.89. The average molecular weight is 609 g/mol. The zero-order valence-electron chi connectivity index (χ0n) is 27.5. The quantitative estimate of drug-likeness (QED) is 0.168. The molecule has 5 rings (SSSR count). The predicted octanol–water partition coefficient (Wildman–Crippen LogP) is 8.74. The van der Waals surface area contributed by atoms with Crippen molar-refractivity contribution in [3.8, 4) is 0 Å². The molecule has 6 heteroatoms. The Morgan fingerprint density at radius 3 is 2.33 bits per heavy atom. The van der Waals surface area contributed by atoms with Crippen LogP contribution in [-0.4, -0.2) is 26.1 Å². The lowest BCUT2D eigenvalue weighted by Crippen LogP contribution is -2.58. The minimum Gasteiger partial charge on any atom is -0.458 e. The monoisotopic (exact) mass is 608 g/mol. The smallest absolute Gasteiger partial charge is 0.303 e. The number of hydrogen-bond donors (Lipinski definition) is 0. The number of hydrogen-bond acceptors (Lipinski definition) is 5. The van der Waals surface area contributed by atoms with E-state index in [9.17, 15) is 13.2 Å². The SMILES string of the molecule is CC(=O)O[C@@]12CC=C3C(=CC[C@]4(C)[C@@H]3CC[C@@H]4[C@H](C)/C=C/[C@H](C)C(C)C)[C@]1(C)CC[C@H](OS(=O)(=O)c1ccc(C)cc1)C2. The number of fused-ring (bicyclic) bond motifs is 5. The molecule has 0 amide bonds. The summed E-state index contributed by atoms with van der Waals surface area (Å²) >= 11 is 0. The number of esters is 1. The van der Waals surface area contributed by atoms with Gasteiger partial charge in [-0.2, -0.15) is 8.42 Å². The molecule has 0 saturated heterocycles. The van der Waals surface area contributed by atoms with Gasteiger partial charge in [0.2, 0.25) is 0 Å². The molecule has 0 radical (unpaired) electrons. The van der Waals surface area contributed by atoms with E-state index in [1.54, 1.807) is 24.3 Å². The first kappa shape index (κ1) is 32.2. The van der Waals surface area contributed by atoms with Crippen LogP contribution in [0.3, 0.4) is 0 Å². The number of carbonyl (C=O) groups excluding carboxylic acids is 1. The van der Waals surface area contributed by atoms with Crippen LogP contribution in [0.1, 0.15) is 99.0 Å². The van der Waals surface area contributed by atoms with Crippen molar-refractivity contribution in [1.82, 2.24) is 0 Å². The Kier molecular flexibility index (Phi) is 8.72. The van der Waals surface area contributed by atoms with Crippen molar-refractivity contribution in [1.29, 1.82) is 0 Å². The molecule has 4 aliphatic carbocycles. The van der Waals surface area contributed by atoms with Gasteiger partial charge in [-0.1, -0.05) is 83.5 Å². The lowest BCUT2D eigenvalue weighted by atomic mass is 9.50. The first-order valence-electron chi connectivity index (χ1n) is 16.4. The molecule has 236 valence electrons. The molecule has 5 nitrogen and oxygen atoms in total. The van der Waals surface area contributed by atoms with Crippen LogP contribution in [0.15, 0.2) is 64.6 Å². The van der Waals surface area contributed by atoms with Gasteiger partial charge in [-0.15, -0.1) is 0 Å². The van der Waals surface area contributed by atoms with Gasteiger partial charge in [-0.05, 0) is 97.3 Å². The second-order valence-corrected chi connectivity index (χ2v) is 16.5. The van der Waals surface area contributed by atoms with E-state index in [4.69, 9.17) is 8.92 Å². The van der Waals surface area contributed by atoms with Gasteiger partial charge in [0.25, 0.3) is 10.1 Å². The number of ether oxygens (including phenoxy) is 1. The lowest BCUT2D eigenvalue weighted by Gasteiger charge is -2.58. The lowest BCUT2D eigenvalue weighted by molar-refractivity contribution is -0.184. The minimum atomic E-state index is -3.94. The molecule has 8 atom stereocenters. The normalized spacial score (nSPS) is 35.4. The van der Waals surface area contributed by atoms with Gasteiger partial charge < -0.3 is 4.74 Å². The molecule has 43 heavy (non-hydrogen) atoms. The third kappa shape index (κ3) is 5.72. The van der Waals surface area contributed by atoms with Crippen molar-refractivity contribution in [2.75, 3.05) is 0 Å². The molecule has 0 spiro atoms. The molecule has 0 heterocycles. The first-order valence-corrected chi connectivity index (χ1v) is 17.8. The van der Waals surface area contributed by atoms with Gasteiger partial charge in [0, 0.05) is 25.2 Å². The van der Waals surface area contributed by atoms with Crippen LogP contribution in [0.4, 0.5) is 0 Å². The van der Waals surface area contributed by atoms with Crippen molar-refractivity contribution >= 4 is 16.1 Å². The first-order chi connectivity index (χ1) is 20.1. The van der Waals surface area contributed by atoms with E-state index < -0.39 is 27.2 Å². The van der Waals surface area contributed by atoms with Crippen molar-refractivity contribution in [2.45, 2.75) is 117 Å². The van der Waals surface area contributed by atoms with Crippen LogP contribution in [-0.2, 0) is 23.8 Å². The van der Waals surface area contributed by atoms with Crippen LogP contribution >= 0.6 is 0 Å². The summed E-state index contributed by atoms with van der Waals surface area (Å²) in [5, 5.41) is 0. The van der Waals surface area contributed by atoms with Crippen molar-refractivity contribution in [2.24, 2.45) is 40.4 Å². The molecular weight excluding hydrogens is 556 g/mol. The third-order valence-electron chi connectivity index (χ3n) is 11.9. The number of benzene rings is 1. The maximum absolute atomic E-state index is 13.2. The average Bonchev–Trinajstić information content (AvgIpc) is 3.29. The number of carbonyl (C=O) groups is 1. The highest BCUT2D eigenvalue weighted by Gasteiger charge is 2.62. The van der Waals surface area contributed by atoms with Crippen molar-refractivity contribution in [3.63, 3.8) is 0 Å². The molecule has 0 bridgehead atoms.